The van der Waals surface area contributed by atoms with E-state index in [2.05, 4.69) is 9.97 Å². The van der Waals surface area contributed by atoms with Gasteiger partial charge in [-0.3, -0.25) is 0 Å². The van der Waals surface area contributed by atoms with Gasteiger partial charge < -0.3 is 9.84 Å². The third-order valence-electron chi connectivity index (χ3n) is 1.93. The maximum atomic E-state index is 13.5. The summed E-state index contributed by atoms with van der Waals surface area (Å²) in [6.07, 6.45) is 1.18. The lowest BCUT2D eigenvalue weighted by molar-refractivity contribution is 0.0702. The van der Waals surface area contributed by atoms with Crippen molar-refractivity contribution < 1.29 is 19.0 Å². The number of carboxylic acid groups (broad SMARTS) is 1. The summed E-state index contributed by atoms with van der Waals surface area (Å²) < 4.78 is 18.6. The van der Waals surface area contributed by atoms with Crippen molar-refractivity contribution in [3.63, 3.8) is 0 Å². The topological polar surface area (TPSA) is 72.3 Å². The Morgan fingerprint density at radius 1 is 1.53 bits per heavy atom. The summed E-state index contributed by atoms with van der Waals surface area (Å²) in [6, 6.07) is 1.31. The van der Waals surface area contributed by atoms with Crippen molar-refractivity contribution in [2.75, 3.05) is 0 Å². The van der Waals surface area contributed by atoms with E-state index >= 15 is 0 Å². The third-order valence-corrected chi connectivity index (χ3v) is 2.83. The summed E-state index contributed by atoms with van der Waals surface area (Å²) in [5, 5.41) is 10.2. The molecule has 0 unspecified atom stereocenters. The second-order valence-corrected chi connectivity index (χ2v) is 4.04. The minimum Gasteiger partial charge on any atom is -0.477 e. The second kappa shape index (κ2) is 4.46. The highest BCUT2D eigenvalue weighted by Gasteiger charge is 2.13. The molecule has 0 saturated heterocycles. The smallest absolute Gasteiger partial charge is 0.346 e. The minimum atomic E-state index is -1.05. The van der Waals surface area contributed by atoms with E-state index in [1.165, 1.54) is 24.7 Å². The van der Waals surface area contributed by atoms with Crippen LogP contribution in [0.4, 0.5) is 4.39 Å². The first kappa shape index (κ1) is 11.5. The molecule has 0 aliphatic rings. The van der Waals surface area contributed by atoms with Crippen molar-refractivity contribution in [1.82, 2.24) is 9.97 Å². The third kappa shape index (κ3) is 2.39. The van der Waals surface area contributed by atoms with E-state index in [4.69, 9.17) is 9.84 Å². The number of hydrogen-bond donors (Lipinski definition) is 1. The van der Waals surface area contributed by atoms with Crippen LogP contribution < -0.4 is 4.74 Å². The van der Waals surface area contributed by atoms with Crippen LogP contribution in [0.15, 0.2) is 17.8 Å². The Kier molecular flexibility index (Phi) is 3.01. The van der Waals surface area contributed by atoms with E-state index in [1.807, 2.05) is 0 Å². The van der Waals surface area contributed by atoms with E-state index in [0.717, 1.165) is 11.3 Å². The monoisotopic (exact) mass is 254 g/mol. The molecule has 0 bridgehead atoms. The van der Waals surface area contributed by atoms with E-state index in [1.54, 1.807) is 0 Å². The van der Waals surface area contributed by atoms with Gasteiger partial charge in [-0.1, -0.05) is 0 Å². The second-order valence-electron chi connectivity index (χ2n) is 3.13. The van der Waals surface area contributed by atoms with Gasteiger partial charge in [-0.15, -0.1) is 11.3 Å². The molecule has 2 rings (SSSR count). The Morgan fingerprint density at radius 2 is 2.29 bits per heavy atom. The molecule has 0 radical (unpaired) electrons. The highest BCUT2D eigenvalue weighted by Crippen LogP contribution is 2.27. The number of rotatable bonds is 3. The molecule has 0 spiro atoms. The molecule has 0 aliphatic heterocycles. The molecule has 0 fully saturated rings. The summed E-state index contributed by atoms with van der Waals surface area (Å²) >= 11 is 0.997. The Morgan fingerprint density at radius 3 is 2.94 bits per heavy atom. The lowest BCUT2D eigenvalue weighted by Crippen LogP contribution is -1.96. The molecule has 17 heavy (non-hydrogen) atoms. The fourth-order valence-electron chi connectivity index (χ4n) is 1.10. The fraction of sp³-hybridized carbons (Fsp3) is 0.100. The molecule has 5 nitrogen and oxygen atoms in total. The van der Waals surface area contributed by atoms with Gasteiger partial charge in [-0.05, 0) is 6.92 Å². The van der Waals surface area contributed by atoms with Gasteiger partial charge in [0.25, 0.3) is 5.88 Å². The van der Waals surface area contributed by atoms with Crippen molar-refractivity contribution in [2.45, 2.75) is 6.92 Å². The van der Waals surface area contributed by atoms with Crippen molar-refractivity contribution in [3.05, 3.63) is 34.2 Å². The Labute approximate surface area is 99.5 Å². The van der Waals surface area contributed by atoms with Crippen LogP contribution in [0.25, 0.3) is 0 Å². The predicted octanol–water partition coefficient (Wildman–Crippen LogP) is 2.48. The molecule has 0 aliphatic carbocycles. The van der Waals surface area contributed by atoms with Gasteiger partial charge in [-0.2, -0.15) is 9.37 Å². The molecule has 0 aromatic carbocycles. The van der Waals surface area contributed by atoms with Crippen molar-refractivity contribution >= 4 is 17.3 Å². The molecule has 1 N–H and O–H groups in total. The number of ether oxygens (including phenoxy) is 1. The zero-order chi connectivity index (χ0) is 12.4. The lowest BCUT2D eigenvalue weighted by Gasteiger charge is -2.03. The first-order valence-electron chi connectivity index (χ1n) is 4.54. The molecular formula is C10H7FN2O3S. The molecule has 2 aromatic heterocycles. The molecule has 2 aromatic rings. The summed E-state index contributed by atoms with van der Waals surface area (Å²) in [7, 11) is 0. The standard InChI is InChI=1S/C10H7FN2O3S/c1-5-8(11)9(13-4-12-5)16-6-2-7(10(14)15)17-3-6/h2-4H,1H3,(H,14,15). The lowest BCUT2D eigenvalue weighted by atomic mass is 10.4. The van der Waals surface area contributed by atoms with Crippen LogP contribution in [0.3, 0.4) is 0 Å². The first-order valence-corrected chi connectivity index (χ1v) is 5.42. The number of aryl methyl sites for hydroxylation is 1. The van der Waals surface area contributed by atoms with Crippen LogP contribution in [0.5, 0.6) is 11.6 Å². The van der Waals surface area contributed by atoms with Gasteiger partial charge in [0.2, 0.25) is 5.82 Å². The summed E-state index contributed by atoms with van der Waals surface area (Å²) in [5.41, 5.74) is 0.170. The van der Waals surface area contributed by atoms with Gasteiger partial charge in [0.05, 0.1) is 5.69 Å². The van der Waals surface area contributed by atoms with Crippen LogP contribution in [0.1, 0.15) is 15.4 Å². The van der Waals surface area contributed by atoms with Crippen molar-refractivity contribution in [1.29, 1.82) is 0 Å². The molecule has 0 atom stereocenters. The maximum absolute atomic E-state index is 13.5. The van der Waals surface area contributed by atoms with E-state index in [9.17, 15) is 9.18 Å². The van der Waals surface area contributed by atoms with Crippen LogP contribution in [-0.2, 0) is 0 Å². The molecule has 88 valence electrons. The normalized spacial score (nSPS) is 10.2. The van der Waals surface area contributed by atoms with E-state index in [0.29, 0.717) is 0 Å². The number of thiophene rings is 1. The number of hydrogen-bond acceptors (Lipinski definition) is 5. The number of nitrogens with zero attached hydrogens (tertiary/aromatic N) is 2. The molecule has 2 heterocycles. The van der Waals surface area contributed by atoms with Crippen molar-refractivity contribution in [2.24, 2.45) is 0 Å². The number of halogens is 1. The fourth-order valence-corrected chi connectivity index (χ4v) is 1.75. The average molecular weight is 254 g/mol. The zero-order valence-electron chi connectivity index (χ0n) is 8.68. The van der Waals surface area contributed by atoms with Gasteiger partial charge >= 0.3 is 5.97 Å². The number of aromatic nitrogens is 2. The molecule has 0 amide bonds. The Balaban J connectivity index is 2.25. The van der Waals surface area contributed by atoms with E-state index in [-0.39, 0.29) is 22.2 Å². The van der Waals surface area contributed by atoms with Crippen LogP contribution in [0, 0.1) is 12.7 Å². The average Bonchev–Trinajstić information content (AvgIpc) is 2.73. The number of aromatic carboxylic acids is 1. The molecule has 0 saturated carbocycles. The number of carbonyl (C=O) groups is 1. The maximum Gasteiger partial charge on any atom is 0.346 e. The Bertz CT molecular complexity index is 570. The molecular weight excluding hydrogens is 247 g/mol. The van der Waals surface area contributed by atoms with Gasteiger partial charge in [0.1, 0.15) is 17.0 Å². The van der Waals surface area contributed by atoms with Gasteiger partial charge in [-0.25, -0.2) is 9.78 Å². The largest absolute Gasteiger partial charge is 0.477 e. The first-order chi connectivity index (χ1) is 8.08. The number of carboxylic acids is 1. The van der Waals surface area contributed by atoms with Crippen LogP contribution >= 0.6 is 11.3 Å². The SMILES string of the molecule is Cc1ncnc(Oc2csc(C(=O)O)c2)c1F. The summed E-state index contributed by atoms with van der Waals surface area (Å²) in [4.78, 5) is 18.1. The highest BCUT2D eigenvalue weighted by molar-refractivity contribution is 7.12. The quantitative estimate of drug-likeness (QED) is 0.910. The minimum absolute atomic E-state index is 0.117. The summed E-state index contributed by atoms with van der Waals surface area (Å²) in [5.74, 6) is -1.68. The Hall–Kier alpha value is -2.02. The predicted molar refractivity (Wildman–Crippen MR) is 58.1 cm³/mol. The summed E-state index contributed by atoms with van der Waals surface area (Å²) in [6.45, 7) is 1.49. The van der Waals surface area contributed by atoms with Gasteiger partial charge in [0, 0.05) is 11.4 Å². The van der Waals surface area contributed by atoms with E-state index < -0.39 is 11.8 Å². The molecule has 7 heteroatoms. The van der Waals surface area contributed by atoms with Gasteiger partial charge in [0.15, 0.2) is 0 Å². The highest BCUT2D eigenvalue weighted by atomic mass is 32.1. The van der Waals surface area contributed by atoms with Crippen LogP contribution in [-0.4, -0.2) is 21.0 Å². The van der Waals surface area contributed by atoms with Crippen LogP contribution in [0.2, 0.25) is 0 Å². The van der Waals surface area contributed by atoms with Crippen molar-refractivity contribution in [3.8, 4) is 11.6 Å². The zero-order valence-corrected chi connectivity index (χ0v) is 9.49.